The number of carbonyl (C=O) groups is 1. The molecule has 1 heterocycles. The van der Waals surface area contributed by atoms with Gasteiger partial charge in [-0.05, 0) is 31.4 Å². The van der Waals surface area contributed by atoms with Gasteiger partial charge >= 0.3 is 6.03 Å². The quantitative estimate of drug-likeness (QED) is 0.755. The van der Waals surface area contributed by atoms with Gasteiger partial charge in [0.15, 0.2) is 0 Å². The number of rotatable bonds is 6. The molecule has 3 N–H and O–H groups in total. The molecule has 0 fully saturated rings. The SMILES string of the molecule is Cc1ccccc1CCNC(=O)NCC(C)(O)c1cnn(C)c1. The summed E-state index contributed by atoms with van der Waals surface area (Å²) >= 11 is 0. The summed E-state index contributed by atoms with van der Waals surface area (Å²) in [6, 6.07) is 7.82. The molecular formula is C17H24N4O2. The molecule has 2 amide bonds. The molecule has 1 atom stereocenters. The van der Waals surface area contributed by atoms with E-state index >= 15 is 0 Å². The highest BCUT2D eigenvalue weighted by Crippen LogP contribution is 2.18. The van der Waals surface area contributed by atoms with E-state index in [0.29, 0.717) is 12.1 Å². The molecule has 0 saturated heterocycles. The number of nitrogens with zero attached hydrogens (tertiary/aromatic N) is 2. The van der Waals surface area contributed by atoms with Crippen molar-refractivity contribution < 1.29 is 9.90 Å². The lowest BCUT2D eigenvalue weighted by Crippen LogP contribution is -2.43. The van der Waals surface area contributed by atoms with Crippen molar-refractivity contribution in [3.63, 3.8) is 0 Å². The van der Waals surface area contributed by atoms with Crippen LogP contribution in [0.4, 0.5) is 4.79 Å². The Labute approximate surface area is 136 Å². The summed E-state index contributed by atoms with van der Waals surface area (Å²) in [6.07, 6.45) is 4.11. The maximum atomic E-state index is 11.8. The minimum Gasteiger partial charge on any atom is -0.383 e. The number of nitrogens with one attached hydrogen (secondary N) is 2. The maximum Gasteiger partial charge on any atom is 0.314 e. The van der Waals surface area contributed by atoms with Crippen LogP contribution >= 0.6 is 0 Å². The number of hydrogen-bond donors (Lipinski definition) is 3. The minimum absolute atomic E-state index is 0.120. The molecule has 1 aromatic carbocycles. The smallest absolute Gasteiger partial charge is 0.314 e. The van der Waals surface area contributed by atoms with E-state index in [1.54, 1.807) is 31.0 Å². The van der Waals surface area contributed by atoms with Crippen LogP contribution in [-0.2, 0) is 19.1 Å². The number of carbonyl (C=O) groups excluding carboxylic acids is 1. The van der Waals surface area contributed by atoms with Crippen LogP contribution in [0.25, 0.3) is 0 Å². The fourth-order valence-electron chi connectivity index (χ4n) is 2.32. The minimum atomic E-state index is -1.15. The molecule has 0 radical (unpaired) electrons. The highest BCUT2D eigenvalue weighted by atomic mass is 16.3. The van der Waals surface area contributed by atoms with E-state index in [4.69, 9.17) is 0 Å². The van der Waals surface area contributed by atoms with E-state index in [-0.39, 0.29) is 12.6 Å². The molecule has 6 nitrogen and oxygen atoms in total. The Morgan fingerprint density at radius 1 is 1.35 bits per heavy atom. The average molecular weight is 316 g/mol. The Bertz CT molecular complexity index is 664. The third-order valence-electron chi connectivity index (χ3n) is 3.86. The van der Waals surface area contributed by atoms with Gasteiger partial charge in [-0.2, -0.15) is 5.10 Å². The van der Waals surface area contributed by atoms with Crippen molar-refractivity contribution in [1.29, 1.82) is 0 Å². The predicted octanol–water partition coefficient (Wildman–Crippen LogP) is 1.48. The van der Waals surface area contributed by atoms with Crippen LogP contribution in [0, 0.1) is 6.92 Å². The summed E-state index contributed by atoms with van der Waals surface area (Å²) in [5.41, 5.74) is 1.95. The predicted molar refractivity (Wildman–Crippen MR) is 89.1 cm³/mol. The second kappa shape index (κ2) is 7.28. The Kier molecular flexibility index (Phi) is 5.39. The Balaban J connectivity index is 1.76. The Hall–Kier alpha value is -2.34. The Morgan fingerprint density at radius 2 is 2.09 bits per heavy atom. The summed E-state index contributed by atoms with van der Waals surface area (Å²) in [4.78, 5) is 11.8. The molecule has 124 valence electrons. The molecule has 1 aromatic heterocycles. The molecule has 2 aromatic rings. The van der Waals surface area contributed by atoms with Gasteiger partial charge in [0, 0.05) is 25.4 Å². The van der Waals surface area contributed by atoms with Crippen LogP contribution < -0.4 is 10.6 Å². The van der Waals surface area contributed by atoms with E-state index in [1.165, 1.54) is 11.1 Å². The van der Waals surface area contributed by atoms with E-state index in [2.05, 4.69) is 34.8 Å². The number of aromatic nitrogens is 2. The number of benzene rings is 1. The zero-order valence-electron chi connectivity index (χ0n) is 13.8. The van der Waals surface area contributed by atoms with Crippen LogP contribution in [0.5, 0.6) is 0 Å². The molecule has 2 rings (SSSR count). The van der Waals surface area contributed by atoms with Crippen molar-refractivity contribution >= 4 is 6.03 Å². The molecular weight excluding hydrogens is 292 g/mol. The van der Waals surface area contributed by atoms with Crippen molar-refractivity contribution in [2.75, 3.05) is 13.1 Å². The van der Waals surface area contributed by atoms with Gasteiger partial charge in [-0.1, -0.05) is 24.3 Å². The van der Waals surface area contributed by atoms with Crippen LogP contribution in [0.2, 0.25) is 0 Å². The summed E-state index contributed by atoms with van der Waals surface area (Å²) < 4.78 is 1.62. The fourth-order valence-corrected chi connectivity index (χ4v) is 2.32. The van der Waals surface area contributed by atoms with Gasteiger partial charge in [0.2, 0.25) is 0 Å². The first kappa shape index (κ1) is 17.0. The fraction of sp³-hybridized carbons (Fsp3) is 0.412. The number of urea groups is 1. The monoisotopic (exact) mass is 316 g/mol. The third kappa shape index (κ3) is 4.82. The van der Waals surface area contributed by atoms with E-state index in [0.717, 1.165) is 6.42 Å². The van der Waals surface area contributed by atoms with Crippen molar-refractivity contribution in [1.82, 2.24) is 20.4 Å². The van der Waals surface area contributed by atoms with Gasteiger partial charge in [-0.15, -0.1) is 0 Å². The second-order valence-corrected chi connectivity index (χ2v) is 5.96. The number of aliphatic hydroxyl groups is 1. The topological polar surface area (TPSA) is 79.2 Å². The summed E-state index contributed by atoms with van der Waals surface area (Å²) in [5.74, 6) is 0. The lowest BCUT2D eigenvalue weighted by Gasteiger charge is -2.22. The molecule has 0 aliphatic heterocycles. The van der Waals surface area contributed by atoms with Crippen LogP contribution in [-0.4, -0.2) is 34.0 Å². The second-order valence-electron chi connectivity index (χ2n) is 5.96. The molecule has 0 spiro atoms. The van der Waals surface area contributed by atoms with Crippen molar-refractivity contribution in [2.24, 2.45) is 7.05 Å². The van der Waals surface area contributed by atoms with Crippen molar-refractivity contribution in [3.8, 4) is 0 Å². The van der Waals surface area contributed by atoms with Crippen LogP contribution in [0.15, 0.2) is 36.7 Å². The number of amides is 2. The average Bonchev–Trinajstić information content (AvgIpc) is 2.95. The van der Waals surface area contributed by atoms with E-state index in [9.17, 15) is 9.90 Å². The normalized spacial score (nSPS) is 13.4. The largest absolute Gasteiger partial charge is 0.383 e. The number of hydrogen-bond acceptors (Lipinski definition) is 3. The van der Waals surface area contributed by atoms with Crippen molar-refractivity contribution in [3.05, 3.63) is 53.3 Å². The standard InChI is InChI=1S/C17H24N4O2/c1-13-6-4-5-7-14(13)8-9-18-16(22)19-12-17(2,23)15-10-20-21(3)11-15/h4-7,10-11,23H,8-9,12H2,1-3H3,(H2,18,19,22). The first-order chi connectivity index (χ1) is 10.9. The van der Waals surface area contributed by atoms with Crippen LogP contribution in [0.3, 0.4) is 0 Å². The summed E-state index contributed by atoms with van der Waals surface area (Å²) in [5, 5.41) is 19.9. The highest BCUT2D eigenvalue weighted by Gasteiger charge is 2.25. The van der Waals surface area contributed by atoms with E-state index in [1.807, 2.05) is 12.1 Å². The molecule has 0 aliphatic rings. The van der Waals surface area contributed by atoms with Gasteiger partial charge in [0.05, 0.1) is 12.7 Å². The molecule has 6 heteroatoms. The number of aryl methyl sites for hydroxylation is 2. The van der Waals surface area contributed by atoms with Crippen LogP contribution in [0.1, 0.15) is 23.6 Å². The first-order valence-electron chi connectivity index (χ1n) is 7.66. The maximum absolute atomic E-state index is 11.8. The molecule has 0 saturated carbocycles. The van der Waals surface area contributed by atoms with Crippen molar-refractivity contribution in [2.45, 2.75) is 25.9 Å². The molecule has 0 aliphatic carbocycles. The van der Waals surface area contributed by atoms with Gasteiger partial charge in [-0.25, -0.2) is 4.79 Å². The lowest BCUT2D eigenvalue weighted by molar-refractivity contribution is 0.0593. The van der Waals surface area contributed by atoms with Gasteiger partial charge in [-0.3, -0.25) is 4.68 Å². The summed E-state index contributed by atoms with van der Waals surface area (Å²) in [6.45, 7) is 4.37. The zero-order chi connectivity index (χ0) is 16.9. The third-order valence-corrected chi connectivity index (χ3v) is 3.86. The zero-order valence-corrected chi connectivity index (χ0v) is 13.8. The first-order valence-corrected chi connectivity index (χ1v) is 7.66. The van der Waals surface area contributed by atoms with Gasteiger partial charge in [0.25, 0.3) is 0 Å². The molecule has 23 heavy (non-hydrogen) atoms. The van der Waals surface area contributed by atoms with Gasteiger partial charge in [0.1, 0.15) is 5.60 Å². The summed E-state index contributed by atoms with van der Waals surface area (Å²) in [7, 11) is 1.78. The molecule has 1 unspecified atom stereocenters. The lowest BCUT2D eigenvalue weighted by atomic mass is 10.00. The highest BCUT2D eigenvalue weighted by molar-refractivity contribution is 5.73. The Morgan fingerprint density at radius 3 is 2.74 bits per heavy atom. The van der Waals surface area contributed by atoms with Gasteiger partial charge < -0.3 is 15.7 Å². The van der Waals surface area contributed by atoms with E-state index < -0.39 is 5.60 Å². The molecule has 0 bridgehead atoms.